The number of likely N-dealkylation sites (tertiary alicyclic amines) is 1. The van der Waals surface area contributed by atoms with Crippen LogP contribution < -0.4 is 14.2 Å². The van der Waals surface area contributed by atoms with Gasteiger partial charge in [-0.1, -0.05) is 0 Å². The Morgan fingerprint density at radius 1 is 0.943 bits per heavy atom. The van der Waals surface area contributed by atoms with Crippen LogP contribution in [0.5, 0.6) is 17.2 Å². The first-order chi connectivity index (χ1) is 16.9. The van der Waals surface area contributed by atoms with Crippen LogP contribution in [0.3, 0.4) is 0 Å². The number of amides is 2. The summed E-state index contributed by atoms with van der Waals surface area (Å²) >= 11 is 1.53. The van der Waals surface area contributed by atoms with Gasteiger partial charge in [0, 0.05) is 37.5 Å². The van der Waals surface area contributed by atoms with Crippen molar-refractivity contribution in [1.82, 2.24) is 14.8 Å². The highest BCUT2D eigenvalue weighted by atomic mass is 32.1. The number of morpholine rings is 1. The summed E-state index contributed by atoms with van der Waals surface area (Å²) < 4.78 is 22.0. The zero-order valence-corrected chi connectivity index (χ0v) is 21.7. The molecule has 2 aliphatic rings. The number of methoxy groups -OCH3 is 3. The molecule has 2 saturated heterocycles. The molecule has 0 spiro atoms. The Morgan fingerprint density at radius 3 is 2.20 bits per heavy atom. The third-order valence-electron chi connectivity index (χ3n) is 6.51. The Balaban J connectivity index is 1.40. The van der Waals surface area contributed by atoms with Gasteiger partial charge in [-0.2, -0.15) is 0 Å². The monoisotopic (exact) mass is 503 g/mol. The second kappa shape index (κ2) is 10.8. The molecule has 2 amide bonds. The van der Waals surface area contributed by atoms with Gasteiger partial charge in [-0.3, -0.25) is 9.59 Å². The van der Waals surface area contributed by atoms with E-state index in [0.717, 1.165) is 17.8 Å². The minimum absolute atomic E-state index is 0.0203. The van der Waals surface area contributed by atoms with Crippen molar-refractivity contribution in [3.8, 4) is 17.2 Å². The van der Waals surface area contributed by atoms with Crippen LogP contribution in [0, 0.1) is 0 Å². The van der Waals surface area contributed by atoms with E-state index in [-0.39, 0.29) is 29.9 Å². The first-order valence-electron chi connectivity index (χ1n) is 11.8. The highest BCUT2D eigenvalue weighted by Gasteiger charge is 2.31. The summed E-state index contributed by atoms with van der Waals surface area (Å²) in [5.74, 6) is 1.36. The number of rotatable bonds is 6. The highest BCUT2D eigenvalue weighted by molar-refractivity contribution is 7.09. The van der Waals surface area contributed by atoms with E-state index < -0.39 is 0 Å². The first-order valence-corrected chi connectivity index (χ1v) is 12.7. The lowest BCUT2D eigenvalue weighted by atomic mass is 9.96. The Hall–Kier alpha value is -2.85. The smallest absolute Gasteiger partial charge is 0.273 e. The van der Waals surface area contributed by atoms with Gasteiger partial charge < -0.3 is 28.7 Å². The average Bonchev–Trinajstić information content (AvgIpc) is 3.36. The molecular formula is C25H33N3O6S. The number of hydrogen-bond acceptors (Lipinski definition) is 8. The second-order valence-electron chi connectivity index (χ2n) is 8.99. The van der Waals surface area contributed by atoms with E-state index in [2.05, 4.69) is 4.98 Å². The van der Waals surface area contributed by atoms with Gasteiger partial charge in [-0.15, -0.1) is 11.3 Å². The lowest BCUT2D eigenvalue weighted by Crippen LogP contribution is -2.48. The lowest BCUT2D eigenvalue weighted by molar-refractivity contribution is -0.0587. The Bertz CT molecular complexity index is 1060. The average molecular weight is 504 g/mol. The molecule has 2 aliphatic heterocycles. The maximum absolute atomic E-state index is 13.3. The Labute approximate surface area is 209 Å². The highest BCUT2D eigenvalue weighted by Crippen LogP contribution is 2.41. The summed E-state index contributed by atoms with van der Waals surface area (Å²) in [5, 5.41) is 2.81. The van der Waals surface area contributed by atoms with Crippen LogP contribution in [0.25, 0.3) is 0 Å². The summed E-state index contributed by atoms with van der Waals surface area (Å²) in [7, 11) is 4.58. The first kappa shape index (κ1) is 25.2. The van der Waals surface area contributed by atoms with Crippen molar-refractivity contribution < 1.29 is 28.5 Å². The fraction of sp³-hybridized carbons (Fsp3) is 0.560. The van der Waals surface area contributed by atoms with Gasteiger partial charge in [-0.05, 0) is 38.8 Å². The third kappa shape index (κ3) is 5.23. The number of nitrogens with zero attached hydrogens (tertiary/aromatic N) is 3. The molecule has 1 aromatic heterocycles. The van der Waals surface area contributed by atoms with Gasteiger partial charge in [0.2, 0.25) is 5.75 Å². The quantitative estimate of drug-likeness (QED) is 0.596. The molecule has 0 N–H and O–H groups in total. The van der Waals surface area contributed by atoms with Crippen LogP contribution in [0.4, 0.5) is 0 Å². The number of thiazole rings is 1. The summed E-state index contributed by atoms with van der Waals surface area (Å²) in [5.41, 5.74) is 0.944. The second-order valence-corrected chi connectivity index (χ2v) is 9.88. The zero-order valence-electron chi connectivity index (χ0n) is 20.9. The number of carbonyl (C=O) groups excluding carboxylic acids is 2. The maximum Gasteiger partial charge on any atom is 0.273 e. The van der Waals surface area contributed by atoms with Crippen molar-refractivity contribution in [2.24, 2.45) is 0 Å². The van der Waals surface area contributed by atoms with Crippen LogP contribution in [-0.2, 0) is 4.74 Å². The lowest BCUT2D eigenvalue weighted by Gasteiger charge is -2.35. The summed E-state index contributed by atoms with van der Waals surface area (Å²) in [6, 6.07) is 3.42. The SMILES string of the molecule is COc1ccc(C(=O)N2CCC(c3nc(C(=O)N4CC(C)OC(C)C4)cs3)CC2)c(OC)c1OC. The van der Waals surface area contributed by atoms with E-state index in [1.165, 1.54) is 25.6 Å². The van der Waals surface area contributed by atoms with E-state index >= 15 is 0 Å². The van der Waals surface area contributed by atoms with Crippen LogP contribution in [0.15, 0.2) is 17.5 Å². The molecule has 1 aromatic carbocycles. The molecule has 2 aromatic rings. The predicted molar refractivity (Wildman–Crippen MR) is 132 cm³/mol. The molecule has 190 valence electrons. The molecule has 2 atom stereocenters. The number of piperidine rings is 1. The maximum atomic E-state index is 13.3. The topological polar surface area (TPSA) is 90.4 Å². The van der Waals surface area contributed by atoms with Crippen molar-refractivity contribution >= 4 is 23.2 Å². The zero-order chi connectivity index (χ0) is 25.1. The van der Waals surface area contributed by atoms with Crippen molar-refractivity contribution in [2.75, 3.05) is 47.5 Å². The van der Waals surface area contributed by atoms with Gasteiger partial charge in [0.1, 0.15) is 5.69 Å². The van der Waals surface area contributed by atoms with Gasteiger partial charge in [0.15, 0.2) is 11.5 Å². The molecule has 2 unspecified atom stereocenters. The van der Waals surface area contributed by atoms with E-state index in [1.54, 1.807) is 19.2 Å². The van der Waals surface area contributed by atoms with Gasteiger partial charge in [-0.25, -0.2) is 4.98 Å². The molecule has 35 heavy (non-hydrogen) atoms. The fourth-order valence-corrected chi connectivity index (χ4v) is 5.81. The van der Waals surface area contributed by atoms with Crippen molar-refractivity contribution in [3.63, 3.8) is 0 Å². The normalized spacial score (nSPS) is 21.1. The van der Waals surface area contributed by atoms with Gasteiger partial charge in [0.05, 0.1) is 44.1 Å². The number of aromatic nitrogens is 1. The number of hydrogen-bond donors (Lipinski definition) is 0. The van der Waals surface area contributed by atoms with Crippen molar-refractivity contribution in [1.29, 1.82) is 0 Å². The standard InChI is InChI=1S/C25H33N3O6S/c1-15-12-28(13-16(2)34-15)25(30)19-14-35-23(26-19)17-8-10-27(11-9-17)24(29)18-6-7-20(31-3)22(33-5)21(18)32-4/h6-7,14-17H,8-13H2,1-5H3. The third-order valence-corrected chi connectivity index (χ3v) is 7.52. The van der Waals surface area contributed by atoms with Crippen molar-refractivity contribution in [2.45, 2.75) is 44.8 Å². The molecule has 4 rings (SSSR count). The molecule has 10 heteroatoms. The largest absolute Gasteiger partial charge is 0.493 e. The molecule has 9 nitrogen and oxygen atoms in total. The Morgan fingerprint density at radius 2 is 1.60 bits per heavy atom. The van der Waals surface area contributed by atoms with E-state index in [0.29, 0.717) is 54.7 Å². The molecule has 0 bridgehead atoms. The summed E-state index contributed by atoms with van der Waals surface area (Å²) in [6.07, 6.45) is 1.61. The van der Waals surface area contributed by atoms with Crippen LogP contribution in [0.1, 0.15) is 58.5 Å². The van der Waals surface area contributed by atoms with E-state index in [1.807, 2.05) is 29.0 Å². The summed E-state index contributed by atoms with van der Waals surface area (Å²) in [4.78, 5) is 34.6. The summed E-state index contributed by atoms with van der Waals surface area (Å²) in [6.45, 7) is 6.32. The molecule has 0 aliphatic carbocycles. The Kier molecular flexibility index (Phi) is 7.81. The number of benzene rings is 1. The molecule has 0 radical (unpaired) electrons. The van der Waals surface area contributed by atoms with Crippen LogP contribution >= 0.6 is 11.3 Å². The molecular weight excluding hydrogens is 470 g/mol. The predicted octanol–water partition coefficient (Wildman–Crippen LogP) is 3.44. The number of carbonyl (C=O) groups is 2. The minimum Gasteiger partial charge on any atom is -0.493 e. The van der Waals surface area contributed by atoms with Crippen molar-refractivity contribution in [3.05, 3.63) is 33.8 Å². The fourth-order valence-electron chi connectivity index (χ4n) is 4.85. The van der Waals surface area contributed by atoms with Crippen LogP contribution in [-0.4, -0.2) is 86.3 Å². The van der Waals surface area contributed by atoms with Gasteiger partial charge >= 0.3 is 0 Å². The van der Waals surface area contributed by atoms with Crippen LogP contribution in [0.2, 0.25) is 0 Å². The van der Waals surface area contributed by atoms with E-state index in [9.17, 15) is 9.59 Å². The van der Waals surface area contributed by atoms with Gasteiger partial charge in [0.25, 0.3) is 11.8 Å². The minimum atomic E-state index is -0.105. The number of ether oxygens (including phenoxy) is 4. The molecule has 0 saturated carbocycles. The molecule has 3 heterocycles. The molecule has 2 fully saturated rings. The van der Waals surface area contributed by atoms with E-state index in [4.69, 9.17) is 18.9 Å².